The largest absolute Gasteiger partial charge is 0.481 e. The lowest BCUT2D eigenvalue weighted by atomic mass is 10.2. The van der Waals surface area contributed by atoms with Crippen LogP contribution in [0, 0.1) is 0 Å². The highest BCUT2D eigenvalue weighted by atomic mass is 16.5. The fourth-order valence-corrected chi connectivity index (χ4v) is 2.01. The maximum absolute atomic E-state index is 10.6. The van der Waals surface area contributed by atoms with E-state index in [1.165, 1.54) is 0 Å². The topological polar surface area (TPSA) is 85.5 Å². The van der Waals surface area contributed by atoms with Crippen LogP contribution in [0.2, 0.25) is 0 Å². The molecule has 0 spiro atoms. The lowest BCUT2D eigenvalue weighted by molar-refractivity contribution is -0.137. The molecule has 6 heteroatoms. The van der Waals surface area contributed by atoms with Crippen molar-refractivity contribution < 1.29 is 19.2 Å². The molecule has 0 fully saturated rings. The van der Waals surface area contributed by atoms with Gasteiger partial charge in [-0.3, -0.25) is 4.79 Å². The van der Waals surface area contributed by atoms with Crippen LogP contribution in [0.25, 0.3) is 11.4 Å². The zero-order chi connectivity index (χ0) is 16.1. The summed E-state index contributed by atoms with van der Waals surface area (Å²) in [4.78, 5) is 14.8. The number of rotatable bonds is 6. The Morgan fingerprint density at radius 1 is 1.09 bits per heavy atom. The lowest BCUT2D eigenvalue weighted by Gasteiger charge is -2.05. The number of aromatic nitrogens is 2. The summed E-state index contributed by atoms with van der Waals surface area (Å²) < 4.78 is 10.8. The van der Waals surface area contributed by atoms with Gasteiger partial charge in [0.15, 0.2) is 0 Å². The van der Waals surface area contributed by atoms with Crippen molar-refractivity contribution in [2.24, 2.45) is 0 Å². The zero-order valence-corrected chi connectivity index (χ0v) is 12.2. The van der Waals surface area contributed by atoms with Gasteiger partial charge in [-0.1, -0.05) is 35.5 Å². The molecule has 1 N–H and O–H groups in total. The minimum absolute atomic E-state index is 0.0429. The van der Waals surface area contributed by atoms with E-state index >= 15 is 0 Å². The minimum atomic E-state index is -0.900. The fraction of sp³-hybridized carbons (Fsp3) is 0.118. The normalized spacial score (nSPS) is 10.4. The van der Waals surface area contributed by atoms with Crippen molar-refractivity contribution in [3.8, 4) is 22.9 Å². The Hall–Kier alpha value is -3.15. The van der Waals surface area contributed by atoms with E-state index in [1.54, 1.807) is 6.07 Å². The molecule has 0 unspecified atom stereocenters. The van der Waals surface area contributed by atoms with Crippen LogP contribution in [-0.4, -0.2) is 21.2 Å². The first-order valence-electron chi connectivity index (χ1n) is 7.08. The van der Waals surface area contributed by atoms with Crippen LogP contribution >= 0.6 is 0 Å². The van der Waals surface area contributed by atoms with Crippen molar-refractivity contribution in [1.29, 1.82) is 0 Å². The molecule has 3 rings (SSSR count). The van der Waals surface area contributed by atoms with Crippen molar-refractivity contribution in [3.63, 3.8) is 0 Å². The molecule has 116 valence electrons. The average molecular weight is 310 g/mol. The summed E-state index contributed by atoms with van der Waals surface area (Å²) in [7, 11) is 0. The number of hydrogen-bond donors (Lipinski definition) is 1. The van der Waals surface area contributed by atoms with Gasteiger partial charge < -0.3 is 14.4 Å². The molecule has 0 bridgehead atoms. The Morgan fingerprint density at radius 2 is 1.87 bits per heavy atom. The highest BCUT2D eigenvalue weighted by Crippen LogP contribution is 2.25. The third kappa shape index (κ3) is 3.94. The minimum Gasteiger partial charge on any atom is -0.481 e. The summed E-state index contributed by atoms with van der Waals surface area (Å²) in [6, 6.07) is 16.8. The molecule has 0 saturated heterocycles. The Balaban J connectivity index is 1.76. The van der Waals surface area contributed by atoms with E-state index in [9.17, 15) is 4.79 Å². The second-order valence-electron chi connectivity index (χ2n) is 4.85. The van der Waals surface area contributed by atoms with Crippen LogP contribution in [0.4, 0.5) is 0 Å². The molecule has 3 aromatic rings. The molecule has 0 aliphatic carbocycles. The number of ether oxygens (including phenoxy) is 1. The third-order valence-corrected chi connectivity index (χ3v) is 3.09. The predicted octanol–water partition coefficient (Wildman–Crippen LogP) is 3.55. The van der Waals surface area contributed by atoms with E-state index in [1.807, 2.05) is 48.5 Å². The predicted molar refractivity (Wildman–Crippen MR) is 82.2 cm³/mol. The van der Waals surface area contributed by atoms with Gasteiger partial charge in [0.05, 0.1) is 6.42 Å². The van der Waals surface area contributed by atoms with Gasteiger partial charge in [-0.25, -0.2) is 0 Å². The van der Waals surface area contributed by atoms with Gasteiger partial charge in [0.2, 0.25) is 11.7 Å². The highest BCUT2D eigenvalue weighted by molar-refractivity contribution is 5.66. The molecule has 0 radical (unpaired) electrons. The van der Waals surface area contributed by atoms with E-state index in [2.05, 4.69) is 10.1 Å². The first-order chi connectivity index (χ1) is 11.2. The van der Waals surface area contributed by atoms with Crippen molar-refractivity contribution in [1.82, 2.24) is 10.1 Å². The van der Waals surface area contributed by atoms with Crippen LogP contribution in [0.15, 0.2) is 59.1 Å². The van der Waals surface area contributed by atoms with E-state index in [0.717, 1.165) is 11.3 Å². The quantitative estimate of drug-likeness (QED) is 0.749. The molecule has 0 saturated carbocycles. The number of hydrogen-bond acceptors (Lipinski definition) is 5. The Labute approximate surface area is 132 Å². The Kier molecular flexibility index (Phi) is 4.33. The third-order valence-electron chi connectivity index (χ3n) is 3.09. The van der Waals surface area contributed by atoms with E-state index in [0.29, 0.717) is 17.5 Å². The molecule has 6 nitrogen and oxygen atoms in total. The molecule has 1 heterocycles. The summed E-state index contributed by atoms with van der Waals surface area (Å²) in [6.07, 6.45) is 0.168. The molecular formula is C17H14N2O4. The molecule has 0 amide bonds. The van der Waals surface area contributed by atoms with E-state index < -0.39 is 5.97 Å². The van der Waals surface area contributed by atoms with Gasteiger partial charge in [0, 0.05) is 12.0 Å². The number of carbonyl (C=O) groups is 1. The van der Waals surface area contributed by atoms with E-state index in [-0.39, 0.29) is 12.8 Å². The van der Waals surface area contributed by atoms with Crippen molar-refractivity contribution in [2.75, 3.05) is 0 Å². The number of nitrogens with zero attached hydrogens (tertiary/aromatic N) is 2. The number of benzene rings is 2. The van der Waals surface area contributed by atoms with Gasteiger partial charge in [-0.15, -0.1) is 0 Å². The Bertz CT molecular complexity index is 799. The molecule has 23 heavy (non-hydrogen) atoms. The fourth-order valence-electron chi connectivity index (χ4n) is 2.01. The summed E-state index contributed by atoms with van der Waals surface area (Å²) in [5.41, 5.74) is 0.740. The van der Waals surface area contributed by atoms with Gasteiger partial charge in [-0.2, -0.15) is 4.98 Å². The summed E-state index contributed by atoms with van der Waals surface area (Å²) in [5, 5.41) is 12.5. The van der Waals surface area contributed by atoms with Crippen LogP contribution in [0.1, 0.15) is 12.3 Å². The second kappa shape index (κ2) is 6.74. The number of aliphatic carboxylic acids is 1. The summed E-state index contributed by atoms with van der Waals surface area (Å²) >= 11 is 0. The molecule has 0 aliphatic rings. The monoisotopic (exact) mass is 310 g/mol. The van der Waals surface area contributed by atoms with E-state index in [4.69, 9.17) is 14.4 Å². The maximum Gasteiger partial charge on any atom is 0.303 e. The Morgan fingerprint density at radius 3 is 2.65 bits per heavy atom. The summed E-state index contributed by atoms with van der Waals surface area (Å²) in [5.74, 6) is 1.20. The molecule has 0 aliphatic heterocycles. The molecule has 2 aromatic carbocycles. The van der Waals surface area contributed by atoms with Crippen molar-refractivity contribution >= 4 is 5.97 Å². The molecular weight excluding hydrogens is 296 g/mol. The van der Waals surface area contributed by atoms with Crippen molar-refractivity contribution in [3.05, 3.63) is 60.5 Å². The molecule has 0 atom stereocenters. The average Bonchev–Trinajstić information content (AvgIpc) is 3.03. The van der Waals surface area contributed by atoms with Gasteiger partial charge in [0.1, 0.15) is 11.5 Å². The zero-order valence-electron chi connectivity index (χ0n) is 12.2. The van der Waals surface area contributed by atoms with Crippen LogP contribution in [0.5, 0.6) is 11.5 Å². The van der Waals surface area contributed by atoms with Gasteiger partial charge >= 0.3 is 5.97 Å². The number of para-hydroxylation sites is 1. The first kappa shape index (κ1) is 14.8. The van der Waals surface area contributed by atoms with Crippen LogP contribution in [0.3, 0.4) is 0 Å². The van der Waals surface area contributed by atoms with Gasteiger partial charge in [0.25, 0.3) is 0 Å². The maximum atomic E-state index is 10.6. The van der Waals surface area contributed by atoms with Gasteiger partial charge in [-0.05, 0) is 24.3 Å². The van der Waals surface area contributed by atoms with Crippen LogP contribution in [-0.2, 0) is 11.2 Å². The number of aryl methyl sites for hydroxylation is 1. The molecule has 1 aromatic heterocycles. The van der Waals surface area contributed by atoms with Crippen molar-refractivity contribution in [2.45, 2.75) is 12.8 Å². The number of carboxylic acids is 1. The lowest BCUT2D eigenvalue weighted by Crippen LogP contribution is -1.97. The second-order valence-corrected chi connectivity index (χ2v) is 4.85. The summed E-state index contributed by atoms with van der Waals surface area (Å²) in [6.45, 7) is 0. The standard InChI is InChI=1S/C17H14N2O4/c20-16(21)10-9-15-18-17(19-23-15)12-5-4-8-14(11-12)22-13-6-2-1-3-7-13/h1-8,11H,9-10H2,(H,20,21). The SMILES string of the molecule is O=C(O)CCc1nc(-c2cccc(Oc3ccccc3)c2)no1. The highest BCUT2D eigenvalue weighted by Gasteiger charge is 2.11. The number of carboxylic acid groups (broad SMARTS) is 1. The van der Waals surface area contributed by atoms with Crippen LogP contribution < -0.4 is 4.74 Å². The smallest absolute Gasteiger partial charge is 0.303 e. The first-order valence-corrected chi connectivity index (χ1v) is 7.08.